The van der Waals surface area contributed by atoms with E-state index in [1.807, 2.05) is 0 Å². The number of piperidine rings is 1. The number of rotatable bonds is 7. The van der Waals surface area contributed by atoms with Gasteiger partial charge in [-0.25, -0.2) is 17.8 Å². The van der Waals surface area contributed by atoms with Crippen LogP contribution in [0.15, 0.2) is 35.1 Å². The quantitative estimate of drug-likeness (QED) is 0.703. The minimum absolute atomic E-state index is 0.00751. The van der Waals surface area contributed by atoms with Gasteiger partial charge in [-0.3, -0.25) is 4.79 Å². The Hall–Kier alpha value is -2.04. The monoisotopic (exact) mass is 371 g/mol. The fraction of sp³-hybridized carbons (Fsp3) is 0.467. The summed E-state index contributed by atoms with van der Waals surface area (Å²) >= 11 is 0. The van der Waals surface area contributed by atoms with E-state index < -0.39 is 21.9 Å². The zero-order valence-electron chi connectivity index (χ0n) is 13.2. The number of aromatic nitrogens is 1. The van der Waals surface area contributed by atoms with Gasteiger partial charge in [-0.1, -0.05) is 0 Å². The number of fused-ring (bicyclic) bond motifs is 1. The number of aliphatic carboxylic acids is 1. The van der Waals surface area contributed by atoms with Gasteiger partial charge in [0, 0.05) is 31.3 Å². The minimum Gasteiger partial charge on any atom is -0.481 e. The van der Waals surface area contributed by atoms with Gasteiger partial charge in [-0.05, 0) is 17.9 Å². The van der Waals surface area contributed by atoms with Crippen LogP contribution in [0.1, 0.15) is 0 Å². The lowest BCUT2D eigenvalue weighted by Crippen LogP contribution is -2.32. The number of pyridine rings is 1. The van der Waals surface area contributed by atoms with Crippen LogP contribution in [0.2, 0.25) is 0 Å². The van der Waals surface area contributed by atoms with Crippen LogP contribution in [0.25, 0.3) is 0 Å². The third-order valence-corrected chi connectivity index (χ3v) is 6.43. The second kappa shape index (κ2) is 6.70. The molecule has 0 aromatic carbocycles. The second-order valence-corrected chi connectivity index (χ2v) is 8.04. The fourth-order valence-corrected chi connectivity index (χ4v) is 4.57. The molecule has 0 spiro atoms. The molecule has 10 heteroatoms. The van der Waals surface area contributed by atoms with E-state index in [4.69, 9.17) is 15.6 Å². The molecule has 1 unspecified atom stereocenters. The molecule has 1 aromatic heterocycles. The van der Waals surface area contributed by atoms with Crippen LogP contribution in [-0.4, -0.2) is 55.0 Å². The standard InChI is InChI=1S/C15H18FN3O5S/c16-3-9(4-17)8-24-13-2-1-10(5-18-13)25(22,23)19-6-11-12(7-19)14(11)15(20)21/h1-3,5,11-12,14H,4,6-8,17H2,(H,20,21)/b9-3+/t11-,12+,14?. The number of carbonyl (C=O) groups is 1. The number of hydrogen-bond acceptors (Lipinski definition) is 6. The van der Waals surface area contributed by atoms with Gasteiger partial charge >= 0.3 is 5.97 Å². The molecule has 8 nitrogen and oxygen atoms in total. The number of sulfonamides is 1. The highest BCUT2D eigenvalue weighted by Crippen LogP contribution is 2.52. The molecular weight excluding hydrogens is 353 g/mol. The summed E-state index contributed by atoms with van der Waals surface area (Å²) in [5, 5.41) is 8.99. The zero-order valence-corrected chi connectivity index (χ0v) is 14.0. The van der Waals surface area contributed by atoms with Gasteiger partial charge in [0.25, 0.3) is 0 Å². The van der Waals surface area contributed by atoms with Crippen molar-refractivity contribution < 1.29 is 27.4 Å². The highest BCUT2D eigenvalue weighted by Gasteiger charge is 2.61. The summed E-state index contributed by atoms with van der Waals surface area (Å²) < 4.78 is 44.1. The molecule has 3 rings (SSSR count). The van der Waals surface area contributed by atoms with Crippen LogP contribution in [0.3, 0.4) is 0 Å². The van der Waals surface area contributed by atoms with Crippen molar-refractivity contribution in [1.29, 1.82) is 0 Å². The van der Waals surface area contributed by atoms with Gasteiger partial charge in [-0.15, -0.1) is 0 Å². The van der Waals surface area contributed by atoms with E-state index in [1.165, 1.54) is 22.6 Å². The SMILES string of the molecule is NC/C(=C\F)COc1ccc(S(=O)(=O)N2C[C@@H]3C(C(=O)O)[C@@H]3C2)cn1. The molecule has 0 amide bonds. The molecule has 2 aliphatic rings. The van der Waals surface area contributed by atoms with E-state index in [1.54, 1.807) is 0 Å². The van der Waals surface area contributed by atoms with Crippen molar-refractivity contribution >= 4 is 16.0 Å². The van der Waals surface area contributed by atoms with Crippen molar-refractivity contribution in [2.75, 3.05) is 26.2 Å². The smallest absolute Gasteiger partial charge is 0.307 e. The fourth-order valence-electron chi connectivity index (χ4n) is 3.11. The molecule has 0 bridgehead atoms. The topological polar surface area (TPSA) is 123 Å². The number of nitrogens with two attached hydrogens (primary N) is 1. The first-order chi connectivity index (χ1) is 11.9. The molecule has 136 valence electrons. The molecule has 2 fully saturated rings. The van der Waals surface area contributed by atoms with E-state index in [0.29, 0.717) is 6.33 Å². The second-order valence-electron chi connectivity index (χ2n) is 6.11. The molecule has 25 heavy (non-hydrogen) atoms. The van der Waals surface area contributed by atoms with Crippen molar-refractivity contribution in [3.8, 4) is 5.88 Å². The summed E-state index contributed by atoms with van der Waals surface area (Å²) in [6, 6.07) is 2.74. The molecule has 1 aromatic rings. The van der Waals surface area contributed by atoms with Crippen LogP contribution in [0.4, 0.5) is 4.39 Å². The first kappa shape index (κ1) is 17.8. The van der Waals surface area contributed by atoms with Crippen molar-refractivity contribution in [1.82, 2.24) is 9.29 Å². The Morgan fingerprint density at radius 2 is 2.12 bits per heavy atom. The Bertz CT molecular complexity index is 784. The molecule has 1 aliphatic carbocycles. The van der Waals surface area contributed by atoms with E-state index in [9.17, 15) is 17.6 Å². The Kier molecular flexibility index (Phi) is 4.76. The number of carboxylic acid groups (broad SMARTS) is 1. The maximum Gasteiger partial charge on any atom is 0.307 e. The van der Waals surface area contributed by atoms with Gasteiger partial charge in [0.05, 0.1) is 18.4 Å². The number of hydrogen-bond donors (Lipinski definition) is 2. The number of carboxylic acids is 1. The Morgan fingerprint density at radius 3 is 2.60 bits per heavy atom. The maximum atomic E-state index is 12.6. The summed E-state index contributed by atoms with van der Waals surface area (Å²) in [5.74, 6) is -1.35. The predicted molar refractivity (Wildman–Crippen MR) is 84.8 cm³/mol. The van der Waals surface area contributed by atoms with E-state index >= 15 is 0 Å². The van der Waals surface area contributed by atoms with Crippen LogP contribution >= 0.6 is 0 Å². The molecule has 1 saturated carbocycles. The summed E-state index contributed by atoms with van der Waals surface area (Å²) in [4.78, 5) is 14.9. The van der Waals surface area contributed by atoms with Gasteiger partial charge < -0.3 is 15.6 Å². The van der Waals surface area contributed by atoms with Gasteiger partial charge in [-0.2, -0.15) is 4.31 Å². The summed E-state index contributed by atoms with van der Waals surface area (Å²) in [6.07, 6.45) is 1.53. The minimum atomic E-state index is -3.72. The Balaban J connectivity index is 1.63. The van der Waals surface area contributed by atoms with Gasteiger partial charge in [0.2, 0.25) is 15.9 Å². The third-order valence-electron chi connectivity index (χ3n) is 4.61. The predicted octanol–water partition coefficient (Wildman–Crippen LogP) is 0.224. The molecule has 3 N–H and O–H groups in total. The number of ether oxygens (including phenoxy) is 1. The highest BCUT2D eigenvalue weighted by molar-refractivity contribution is 7.89. The van der Waals surface area contributed by atoms with E-state index in [-0.39, 0.29) is 54.4 Å². The lowest BCUT2D eigenvalue weighted by Gasteiger charge is -2.18. The molecule has 0 radical (unpaired) electrons. The molecular formula is C15H18FN3O5S. The Morgan fingerprint density at radius 1 is 1.44 bits per heavy atom. The van der Waals surface area contributed by atoms with Gasteiger partial charge in [0.1, 0.15) is 11.5 Å². The summed E-state index contributed by atoms with van der Waals surface area (Å²) in [5.41, 5.74) is 5.56. The summed E-state index contributed by atoms with van der Waals surface area (Å²) in [6.45, 7) is 0.364. The van der Waals surface area contributed by atoms with Crippen molar-refractivity contribution in [2.24, 2.45) is 23.5 Å². The lowest BCUT2D eigenvalue weighted by molar-refractivity contribution is -0.139. The molecule has 1 saturated heterocycles. The molecule has 3 atom stereocenters. The molecule has 2 heterocycles. The average molecular weight is 371 g/mol. The number of halogens is 1. The Labute approximate surface area is 144 Å². The van der Waals surface area contributed by atoms with Crippen LogP contribution < -0.4 is 10.5 Å². The van der Waals surface area contributed by atoms with Crippen molar-refractivity contribution in [3.63, 3.8) is 0 Å². The molecule has 1 aliphatic heterocycles. The highest BCUT2D eigenvalue weighted by atomic mass is 32.2. The van der Waals surface area contributed by atoms with Crippen molar-refractivity contribution in [3.05, 3.63) is 30.2 Å². The first-order valence-electron chi connectivity index (χ1n) is 7.68. The van der Waals surface area contributed by atoms with E-state index in [0.717, 1.165) is 0 Å². The van der Waals surface area contributed by atoms with Crippen LogP contribution in [0, 0.1) is 17.8 Å². The first-order valence-corrected chi connectivity index (χ1v) is 9.12. The third kappa shape index (κ3) is 3.37. The van der Waals surface area contributed by atoms with E-state index in [2.05, 4.69) is 4.98 Å². The lowest BCUT2D eigenvalue weighted by atomic mass is 10.3. The van der Waals surface area contributed by atoms with Crippen molar-refractivity contribution in [2.45, 2.75) is 4.90 Å². The zero-order chi connectivity index (χ0) is 18.2. The van der Waals surface area contributed by atoms with Crippen LogP contribution in [0.5, 0.6) is 5.88 Å². The van der Waals surface area contributed by atoms with Gasteiger partial charge in [0.15, 0.2) is 0 Å². The average Bonchev–Trinajstić information content (AvgIpc) is 3.11. The maximum absolute atomic E-state index is 12.6. The summed E-state index contributed by atoms with van der Waals surface area (Å²) in [7, 11) is -3.72. The van der Waals surface area contributed by atoms with Crippen LogP contribution in [-0.2, 0) is 14.8 Å². The number of nitrogens with zero attached hydrogens (tertiary/aromatic N) is 2. The normalized spacial score (nSPS) is 26.3. The largest absolute Gasteiger partial charge is 0.481 e.